The molecule has 3 aromatic carbocycles. The van der Waals surface area contributed by atoms with E-state index in [9.17, 15) is 10.1 Å². The Bertz CT molecular complexity index is 1560. The third-order valence-corrected chi connectivity index (χ3v) is 7.45. The van der Waals surface area contributed by atoms with Crippen LogP contribution in [0.5, 0.6) is 5.75 Å². The monoisotopic (exact) mass is 570 g/mol. The number of nitrogens with zero attached hydrogens (tertiary/aromatic N) is 1. The Kier molecular flexibility index (Phi) is 9.85. The zero-order chi connectivity index (χ0) is 29.5. The number of rotatable bonds is 11. The van der Waals surface area contributed by atoms with Crippen LogP contribution in [-0.4, -0.2) is 25.6 Å². The van der Waals surface area contributed by atoms with E-state index < -0.39 is 0 Å². The molecule has 0 fully saturated rings. The summed E-state index contributed by atoms with van der Waals surface area (Å²) in [6, 6.07) is 23.1. The quantitative estimate of drug-likeness (QED) is 0.196. The summed E-state index contributed by atoms with van der Waals surface area (Å²) in [6.07, 6.45) is 0.519. The van der Waals surface area contributed by atoms with Gasteiger partial charge in [0.05, 0.1) is 41.4 Å². The molecule has 1 aromatic heterocycles. The van der Waals surface area contributed by atoms with Crippen LogP contribution in [0.4, 0.5) is 0 Å². The minimum absolute atomic E-state index is 0.146. The van der Waals surface area contributed by atoms with Crippen LogP contribution in [0.2, 0.25) is 5.02 Å². The van der Waals surface area contributed by atoms with Crippen molar-refractivity contribution in [3.05, 3.63) is 111 Å². The lowest BCUT2D eigenvalue weighted by Crippen LogP contribution is -2.41. The molecule has 0 aliphatic carbocycles. The number of methoxy groups -OCH3 is 1. The number of aryl methyl sites for hydroxylation is 2. The van der Waals surface area contributed by atoms with E-state index in [2.05, 4.69) is 54.8 Å². The highest BCUT2D eigenvalue weighted by Gasteiger charge is 2.21. The van der Waals surface area contributed by atoms with Crippen molar-refractivity contribution in [2.45, 2.75) is 45.8 Å². The number of amides is 1. The van der Waals surface area contributed by atoms with Gasteiger partial charge in [0, 0.05) is 24.7 Å². The van der Waals surface area contributed by atoms with E-state index in [0.717, 1.165) is 16.9 Å². The summed E-state index contributed by atoms with van der Waals surface area (Å²) in [4.78, 5) is 13.3. The highest BCUT2D eigenvalue weighted by Crippen LogP contribution is 2.36. The lowest BCUT2D eigenvalue weighted by Gasteiger charge is -2.19. The average molecular weight is 571 g/mol. The van der Waals surface area contributed by atoms with E-state index in [1.165, 1.54) is 11.1 Å². The molecular weight excluding hydrogens is 536 g/mol. The molecule has 0 aliphatic rings. The first-order chi connectivity index (χ1) is 19.7. The van der Waals surface area contributed by atoms with Crippen molar-refractivity contribution in [1.29, 1.82) is 5.26 Å². The topological polar surface area (TPSA) is 113 Å². The number of carbonyl (C=O) groups is 1. The number of ether oxygens (including phenoxy) is 1. The van der Waals surface area contributed by atoms with Crippen molar-refractivity contribution >= 4 is 17.5 Å². The first-order valence-electron chi connectivity index (χ1n) is 13.5. The zero-order valence-corrected chi connectivity index (χ0v) is 24.5. The van der Waals surface area contributed by atoms with Gasteiger partial charge >= 0.3 is 0 Å². The molecule has 7 nitrogen and oxygen atoms in total. The van der Waals surface area contributed by atoms with E-state index in [4.69, 9.17) is 26.5 Å². The molecule has 4 N–H and O–H groups in total. The fraction of sp³-hybridized carbons (Fsp3) is 0.273. The van der Waals surface area contributed by atoms with Crippen LogP contribution in [-0.2, 0) is 13.0 Å². The van der Waals surface area contributed by atoms with E-state index in [1.54, 1.807) is 25.3 Å². The fourth-order valence-electron chi connectivity index (χ4n) is 4.65. The van der Waals surface area contributed by atoms with Gasteiger partial charge in [-0.2, -0.15) is 5.26 Å². The Hall–Kier alpha value is -4.09. The fourth-order valence-corrected chi connectivity index (χ4v) is 4.89. The van der Waals surface area contributed by atoms with E-state index in [0.29, 0.717) is 41.2 Å². The Morgan fingerprint density at radius 3 is 2.51 bits per heavy atom. The molecule has 0 saturated carbocycles. The van der Waals surface area contributed by atoms with Crippen LogP contribution >= 0.6 is 11.6 Å². The number of carbonyl (C=O) groups excluding carboxylic acids is 1. The summed E-state index contributed by atoms with van der Waals surface area (Å²) >= 11 is 6.52. The standard InChI is InChI=1S/C33H35ClN4O3/c1-20-5-8-24(9-6-20)22(3)37-19-27-11-12-31(41-27)29-15-28(30(34)16-32(29)40-4)33(39)38-26(18-36)14-23-7-10-25(17-35)21(2)13-23/h5-13,15-16,22,26,37H,14,18-19,36H2,1-4H3,(H,38,39)/t22-,26-/m1/s1. The molecule has 0 saturated heterocycles. The minimum atomic E-state index is -0.347. The summed E-state index contributed by atoms with van der Waals surface area (Å²) in [5, 5.41) is 15.9. The normalized spacial score (nSPS) is 12.4. The van der Waals surface area contributed by atoms with Gasteiger partial charge in [-0.15, -0.1) is 0 Å². The molecule has 4 rings (SSSR count). The largest absolute Gasteiger partial charge is 0.496 e. The van der Waals surface area contributed by atoms with Gasteiger partial charge < -0.3 is 25.5 Å². The van der Waals surface area contributed by atoms with Gasteiger partial charge in [0.2, 0.25) is 0 Å². The summed E-state index contributed by atoms with van der Waals surface area (Å²) < 4.78 is 11.7. The minimum Gasteiger partial charge on any atom is -0.496 e. The molecule has 0 spiro atoms. The maximum Gasteiger partial charge on any atom is 0.253 e. The molecule has 0 bridgehead atoms. The molecule has 2 atom stereocenters. The van der Waals surface area contributed by atoms with Gasteiger partial charge in [0.15, 0.2) is 0 Å². The van der Waals surface area contributed by atoms with Crippen molar-refractivity contribution in [2.75, 3.05) is 13.7 Å². The highest BCUT2D eigenvalue weighted by molar-refractivity contribution is 6.34. The van der Waals surface area contributed by atoms with Crippen molar-refractivity contribution in [2.24, 2.45) is 5.73 Å². The number of hydrogen-bond donors (Lipinski definition) is 3. The Balaban J connectivity index is 1.49. The molecule has 0 unspecified atom stereocenters. The average Bonchev–Trinajstić information content (AvgIpc) is 3.44. The number of nitriles is 1. The van der Waals surface area contributed by atoms with Crippen molar-refractivity contribution in [1.82, 2.24) is 10.6 Å². The summed E-state index contributed by atoms with van der Waals surface area (Å²) in [7, 11) is 1.55. The van der Waals surface area contributed by atoms with Gasteiger partial charge in [-0.05, 0) is 68.1 Å². The van der Waals surface area contributed by atoms with Crippen LogP contribution in [0.1, 0.15) is 56.9 Å². The van der Waals surface area contributed by atoms with Gasteiger partial charge in [0.1, 0.15) is 17.3 Å². The summed E-state index contributed by atoms with van der Waals surface area (Å²) in [5.41, 5.74) is 11.8. The first kappa shape index (κ1) is 29.9. The van der Waals surface area contributed by atoms with Crippen LogP contribution in [0.3, 0.4) is 0 Å². The number of nitrogens with one attached hydrogen (secondary N) is 2. The second kappa shape index (κ2) is 13.5. The maximum absolute atomic E-state index is 13.3. The van der Waals surface area contributed by atoms with Gasteiger partial charge in [-0.25, -0.2) is 0 Å². The van der Waals surface area contributed by atoms with Gasteiger partial charge in [0.25, 0.3) is 5.91 Å². The van der Waals surface area contributed by atoms with E-state index in [-0.39, 0.29) is 29.6 Å². The van der Waals surface area contributed by atoms with Crippen molar-refractivity contribution < 1.29 is 13.9 Å². The molecule has 4 aromatic rings. The molecule has 41 heavy (non-hydrogen) atoms. The van der Waals surface area contributed by atoms with Crippen LogP contribution < -0.4 is 21.1 Å². The second-order valence-corrected chi connectivity index (χ2v) is 10.6. The SMILES string of the molecule is COc1cc(Cl)c(C(=O)N[C@@H](CN)Cc2ccc(C#N)c(C)c2)cc1-c1ccc(CN[C@H](C)c2ccc(C)cc2)o1. The molecule has 212 valence electrons. The number of nitrogens with two attached hydrogens (primary N) is 1. The smallest absolute Gasteiger partial charge is 0.253 e. The van der Waals surface area contributed by atoms with Crippen LogP contribution in [0, 0.1) is 25.2 Å². The first-order valence-corrected chi connectivity index (χ1v) is 13.9. The second-order valence-electron chi connectivity index (χ2n) is 10.2. The van der Waals surface area contributed by atoms with E-state index >= 15 is 0 Å². The molecule has 0 aliphatic heterocycles. The molecule has 8 heteroatoms. The highest BCUT2D eigenvalue weighted by atomic mass is 35.5. The van der Waals surface area contributed by atoms with Crippen LogP contribution in [0.15, 0.2) is 71.1 Å². The number of benzene rings is 3. The predicted octanol–water partition coefficient (Wildman–Crippen LogP) is 6.25. The van der Waals surface area contributed by atoms with Crippen molar-refractivity contribution in [3.63, 3.8) is 0 Å². The number of furan rings is 1. The number of hydrogen-bond acceptors (Lipinski definition) is 6. The maximum atomic E-state index is 13.3. The molecule has 1 heterocycles. The Morgan fingerprint density at radius 2 is 1.85 bits per heavy atom. The summed E-state index contributed by atoms with van der Waals surface area (Å²) in [6.45, 7) is 6.84. The lowest BCUT2D eigenvalue weighted by molar-refractivity contribution is 0.0938. The number of halogens is 1. The van der Waals surface area contributed by atoms with E-state index in [1.807, 2.05) is 31.2 Å². The van der Waals surface area contributed by atoms with Crippen molar-refractivity contribution in [3.8, 4) is 23.1 Å². The van der Waals surface area contributed by atoms with Crippen LogP contribution in [0.25, 0.3) is 11.3 Å². The zero-order valence-electron chi connectivity index (χ0n) is 23.8. The predicted molar refractivity (Wildman–Crippen MR) is 162 cm³/mol. The Morgan fingerprint density at radius 1 is 1.10 bits per heavy atom. The molecule has 1 amide bonds. The van der Waals surface area contributed by atoms with Gasteiger partial charge in [-0.1, -0.05) is 53.6 Å². The third kappa shape index (κ3) is 7.36. The lowest BCUT2D eigenvalue weighted by atomic mass is 10.00. The molecule has 0 radical (unpaired) electrons. The third-order valence-electron chi connectivity index (χ3n) is 7.13. The summed E-state index contributed by atoms with van der Waals surface area (Å²) in [5.74, 6) is 1.47. The van der Waals surface area contributed by atoms with Gasteiger partial charge in [-0.3, -0.25) is 4.79 Å². The molecular formula is C33H35ClN4O3. The Labute approximate surface area is 246 Å².